The van der Waals surface area contributed by atoms with Crippen LogP contribution in [0, 0.1) is 0 Å². The molecule has 3 aromatic rings. The van der Waals surface area contributed by atoms with Crippen molar-refractivity contribution in [2.24, 2.45) is 7.05 Å². The SMILES string of the molecule is COC[C@H](NC(=O)Nc1cc2[nH]c(=O)[nH]c2cc1OC)c1ccnn1C. The molecule has 0 saturated heterocycles. The second-order valence-electron chi connectivity index (χ2n) is 5.66. The molecule has 0 bridgehead atoms. The maximum absolute atomic E-state index is 12.5. The Bertz CT molecular complexity index is 973. The van der Waals surface area contributed by atoms with Crippen LogP contribution in [0.4, 0.5) is 10.5 Å². The van der Waals surface area contributed by atoms with E-state index in [2.05, 4.69) is 25.7 Å². The first-order valence-corrected chi connectivity index (χ1v) is 7.86. The summed E-state index contributed by atoms with van der Waals surface area (Å²) >= 11 is 0. The molecule has 0 radical (unpaired) electrons. The smallest absolute Gasteiger partial charge is 0.323 e. The number of anilines is 1. The minimum atomic E-state index is -0.441. The van der Waals surface area contributed by atoms with Crippen molar-refractivity contribution in [3.8, 4) is 5.75 Å². The van der Waals surface area contributed by atoms with Crippen molar-refractivity contribution in [3.05, 3.63) is 40.6 Å². The molecule has 4 N–H and O–H groups in total. The fraction of sp³-hybridized carbons (Fsp3) is 0.312. The summed E-state index contributed by atoms with van der Waals surface area (Å²) in [6, 6.07) is 4.25. The van der Waals surface area contributed by atoms with Gasteiger partial charge in [-0.2, -0.15) is 5.10 Å². The quantitative estimate of drug-likeness (QED) is 0.524. The molecule has 26 heavy (non-hydrogen) atoms. The summed E-state index contributed by atoms with van der Waals surface area (Å²) in [6.45, 7) is 0.286. The van der Waals surface area contributed by atoms with E-state index < -0.39 is 6.03 Å². The Labute approximate surface area is 148 Å². The molecule has 3 rings (SSSR count). The zero-order valence-corrected chi connectivity index (χ0v) is 14.6. The van der Waals surface area contributed by atoms with Gasteiger partial charge in [0.25, 0.3) is 0 Å². The zero-order chi connectivity index (χ0) is 18.7. The molecule has 2 aromatic heterocycles. The molecule has 10 heteroatoms. The third-order valence-corrected chi connectivity index (χ3v) is 3.94. The Morgan fingerprint density at radius 2 is 2.04 bits per heavy atom. The van der Waals surface area contributed by atoms with Crippen LogP contribution in [0.3, 0.4) is 0 Å². The van der Waals surface area contributed by atoms with E-state index >= 15 is 0 Å². The molecule has 1 aromatic carbocycles. The lowest BCUT2D eigenvalue weighted by molar-refractivity contribution is 0.165. The van der Waals surface area contributed by atoms with E-state index in [4.69, 9.17) is 9.47 Å². The van der Waals surface area contributed by atoms with Crippen LogP contribution in [0.1, 0.15) is 11.7 Å². The Balaban J connectivity index is 1.81. The van der Waals surface area contributed by atoms with Gasteiger partial charge in [-0.05, 0) is 12.1 Å². The lowest BCUT2D eigenvalue weighted by atomic mass is 10.2. The molecule has 0 fully saturated rings. The molecule has 0 aliphatic rings. The van der Waals surface area contributed by atoms with Crippen molar-refractivity contribution < 1.29 is 14.3 Å². The fourth-order valence-electron chi connectivity index (χ4n) is 2.74. The van der Waals surface area contributed by atoms with Gasteiger partial charge >= 0.3 is 11.7 Å². The van der Waals surface area contributed by atoms with Gasteiger partial charge in [0.1, 0.15) is 5.75 Å². The lowest BCUT2D eigenvalue weighted by Gasteiger charge is -2.19. The minimum Gasteiger partial charge on any atom is -0.494 e. The third kappa shape index (κ3) is 3.54. The average Bonchev–Trinajstić information content (AvgIpc) is 3.17. The van der Waals surface area contributed by atoms with E-state index in [1.165, 1.54) is 7.11 Å². The van der Waals surface area contributed by atoms with Gasteiger partial charge in [0.05, 0.1) is 42.2 Å². The molecule has 2 amide bonds. The molecule has 0 saturated carbocycles. The molecule has 1 atom stereocenters. The predicted octanol–water partition coefficient (Wildman–Crippen LogP) is 1.11. The number of rotatable bonds is 6. The summed E-state index contributed by atoms with van der Waals surface area (Å²) < 4.78 is 12.1. The Hall–Kier alpha value is -3.27. The molecule has 0 unspecified atom stereocenters. The topological polar surface area (TPSA) is 126 Å². The van der Waals surface area contributed by atoms with Crippen LogP contribution >= 0.6 is 0 Å². The number of aromatic nitrogens is 4. The number of H-pyrrole nitrogens is 2. The van der Waals surface area contributed by atoms with Gasteiger partial charge in [0.2, 0.25) is 0 Å². The van der Waals surface area contributed by atoms with Crippen molar-refractivity contribution in [1.29, 1.82) is 0 Å². The van der Waals surface area contributed by atoms with Crippen LogP contribution in [0.2, 0.25) is 0 Å². The van der Waals surface area contributed by atoms with Gasteiger partial charge in [-0.1, -0.05) is 0 Å². The van der Waals surface area contributed by atoms with Gasteiger partial charge in [-0.15, -0.1) is 0 Å². The summed E-state index contributed by atoms with van der Waals surface area (Å²) in [6.07, 6.45) is 1.65. The highest BCUT2D eigenvalue weighted by Gasteiger charge is 2.19. The highest BCUT2D eigenvalue weighted by molar-refractivity contribution is 5.94. The predicted molar refractivity (Wildman–Crippen MR) is 95.5 cm³/mol. The molecular weight excluding hydrogens is 340 g/mol. The van der Waals surface area contributed by atoms with Crippen molar-refractivity contribution in [3.63, 3.8) is 0 Å². The second-order valence-corrected chi connectivity index (χ2v) is 5.66. The Morgan fingerprint density at radius 1 is 1.31 bits per heavy atom. The number of aromatic amines is 2. The number of urea groups is 1. The van der Waals surface area contributed by atoms with E-state index in [1.54, 1.807) is 43.2 Å². The molecule has 10 nitrogen and oxygen atoms in total. The molecule has 0 aliphatic carbocycles. The number of hydrogen-bond donors (Lipinski definition) is 4. The average molecular weight is 360 g/mol. The van der Waals surface area contributed by atoms with Crippen molar-refractivity contribution in [1.82, 2.24) is 25.1 Å². The van der Waals surface area contributed by atoms with Crippen molar-refractivity contribution in [2.75, 3.05) is 26.1 Å². The monoisotopic (exact) mass is 360 g/mol. The number of methoxy groups -OCH3 is 2. The van der Waals surface area contributed by atoms with E-state index in [-0.39, 0.29) is 18.3 Å². The first kappa shape index (κ1) is 17.5. The minimum absolute atomic E-state index is 0.286. The van der Waals surface area contributed by atoms with Gasteiger partial charge in [0, 0.05) is 26.4 Å². The van der Waals surface area contributed by atoms with Crippen LogP contribution in [-0.2, 0) is 11.8 Å². The molecule has 0 spiro atoms. The van der Waals surface area contributed by atoms with Crippen LogP contribution in [0.25, 0.3) is 11.0 Å². The van der Waals surface area contributed by atoms with Crippen molar-refractivity contribution in [2.45, 2.75) is 6.04 Å². The standard InChI is InChI=1S/C16H20N6O4/c1-22-13(4-5-17-22)12(8-25-2)21-16(24)20-11-6-9-10(7-14(11)26-3)19-15(23)18-9/h4-7,12H,8H2,1-3H3,(H2,18,19,23)(H2,20,21,24)/t12-/m0/s1. The van der Waals surface area contributed by atoms with Crippen LogP contribution in [-0.4, -0.2) is 46.6 Å². The van der Waals surface area contributed by atoms with Gasteiger partial charge in [0.15, 0.2) is 0 Å². The van der Waals surface area contributed by atoms with Gasteiger partial charge < -0.3 is 30.1 Å². The maximum atomic E-state index is 12.5. The third-order valence-electron chi connectivity index (χ3n) is 3.94. The van der Waals surface area contributed by atoms with Crippen LogP contribution < -0.4 is 21.1 Å². The van der Waals surface area contributed by atoms with Crippen LogP contribution in [0.5, 0.6) is 5.75 Å². The summed E-state index contributed by atoms with van der Waals surface area (Å²) in [4.78, 5) is 29.2. The molecule has 2 heterocycles. The van der Waals surface area contributed by atoms with Gasteiger partial charge in [-0.3, -0.25) is 4.68 Å². The number of amides is 2. The van der Waals surface area contributed by atoms with E-state index in [0.29, 0.717) is 22.5 Å². The van der Waals surface area contributed by atoms with Crippen molar-refractivity contribution >= 4 is 22.8 Å². The summed E-state index contributed by atoms with van der Waals surface area (Å²) in [5, 5.41) is 9.69. The number of aryl methyl sites for hydroxylation is 1. The number of nitrogens with one attached hydrogen (secondary N) is 4. The molecule has 0 aliphatic heterocycles. The number of ether oxygens (including phenoxy) is 2. The maximum Gasteiger partial charge on any atom is 0.323 e. The highest BCUT2D eigenvalue weighted by atomic mass is 16.5. The molecular formula is C16H20N6O4. The first-order valence-electron chi connectivity index (χ1n) is 7.86. The number of carbonyl (C=O) groups is 1. The summed E-state index contributed by atoms with van der Waals surface area (Å²) in [7, 11) is 4.83. The van der Waals surface area contributed by atoms with E-state index in [0.717, 1.165) is 5.69 Å². The number of nitrogens with zero attached hydrogens (tertiary/aromatic N) is 2. The number of imidazole rings is 1. The largest absolute Gasteiger partial charge is 0.494 e. The number of hydrogen-bond acceptors (Lipinski definition) is 5. The second kappa shape index (κ2) is 7.31. The van der Waals surface area contributed by atoms with E-state index in [1.807, 2.05) is 0 Å². The Kier molecular flexibility index (Phi) is 4.94. The molecule has 138 valence electrons. The number of benzene rings is 1. The Morgan fingerprint density at radius 3 is 2.65 bits per heavy atom. The van der Waals surface area contributed by atoms with Gasteiger partial charge in [-0.25, -0.2) is 9.59 Å². The normalized spacial score (nSPS) is 12.1. The van der Waals surface area contributed by atoms with E-state index in [9.17, 15) is 9.59 Å². The fourth-order valence-corrected chi connectivity index (χ4v) is 2.74. The lowest BCUT2D eigenvalue weighted by Crippen LogP contribution is -2.35. The summed E-state index contributed by atoms with van der Waals surface area (Å²) in [5.41, 5.74) is 2.05. The summed E-state index contributed by atoms with van der Waals surface area (Å²) in [5.74, 6) is 0.423. The number of fused-ring (bicyclic) bond motifs is 1. The first-order chi connectivity index (χ1) is 12.5. The number of carbonyl (C=O) groups excluding carboxylic acids is 1. The zero-order valence-electron chi connectivity index (χ0n) is 14.6. The highest BCUT2D eigenvalue weighted by Crippen LogP contribution is 2.28. The van der Waals surface area contributed by atoms with Crippen LogP contribution in [0.15, 0.2) is 29.2 Å².